The molecule has 0 bridgehead atoms. The summed E-state index contributed by atoms with van der Waals surface area (Å²) in [7, 11) is 0. The number of anilines is 1. The number of nitrogens with one attached hydrogen (secondary N) is 2. The number of nitrogen functional groups attached to an aromatic ring is 1. The third kappa shape index (κ3) is 16.8. The lowest BCUT2D eigenvalue weighted by atomic mass is 9.84. The molecule has 3 saturated carbocycles. The number of ether oxygens (including phenoxy) is 4. The number of carbonyl (C=O) groups excluding carboxylic acids is 4. The minimum Gasteiger partial charge on any atom is -0.463 e. The molecular weight excluding hydrogens is 1350 g/mol. The van der Waals surface area contributed by atoms with E-state index in [9.17, 15) is 41.1 Å². The number of Topliss-reactive ketones (excluding diaryl/α,β-unsaturated/α-hetero) is 2. The number of nitrogens with two attached hydrogens (primary N) is 5. The number of amidine groups is 3. The quantitative estimate of drug-likeness (QED) is 0.0186. The fourth-order valence-electron chi connectivity index (χ4n) is 12.6. The Kier molecular flexibility index (Phi) is 22.1. The Morgan fingerprint density at radius 3 is 1.23 bits per heavy atom. The molecule has 12 N–H and O–H groups in total. The SMILES string of the molecule is C.C#CCOc1cnc(C(=O)Cc2cc(F)c(F)c([C@@]3(C)N=C(N)S[C@@]4(CN)C[C@H]43)c2)cn1.C#CCOc1cnc(C(=O)Cc2cc(F)c(F)c([C@@]3(C)N=C(N)S[C@@]4(CNC(=O)OC(C)(C)C)C[C@H]43)c2)cn1.CC(C)(C)OC(=O)NC[C@]12C[C@H]1[C@@](C)(c1cc(N)cc(F)c1F)N=C(N)S2. The van der Waals surface area contributed by atoms with Crippen LogP contribution in [0.3, 0.4) is 0 Å². The first-order chi connectivity index (χ1) is 45.8. The van der Waals surface area contributed by atoms with Crippen molar-refractivity contribution in [1.29, 1.82) is 0 Å². The van der Waals surface area contributed by atoms with Crippen LogP contribution in [-0.2, 0) is 38.9 Å². The summed E-state index contributed by atoms with van der Waals surface area (Å²) in [5, 5.41) is 6.26. The topological polar surface area (TPSA) is 348 Å². The maximum atomic E-state index is 15.2. The summed E-state index contributed by atoms with van der Waals surface area (Å²) in [4.78, 5) is 79.2. The molecule has 3 fully saturated rings. The van der Waals surface area contributed by atoms with Crippen LogP contribution in [0.25, 0.3) is 0 Å². The van der Waals surface area contributed by atoms with Gasteiger partial charge in [-0.25, -0.2) is 55.9 Å². The number of thioether (sulfide) groups is 3. The zero-order valence-corrected chi connectivity index (χ0v) is 57.5. The van der Waals surface area contributed by atoms with E-state index in [1.54, 1.807) is 62.3 Å². The molecule has 0 saturated heterocycles. The molecule has 11 rings (SSSR count). The predicted molar refractivity (Wildman–Crippen MR) is 369 cm³/mol. The normalized spacial score (nSPS) is 25.8. The van der Waals surface area contributed by atoms with Gasteiger partial charge < -0.3 is 58.2 Å². The summed E-state index contributed by atoms with van der Waals surface area (Å²) >= 11 is 4.03. The lowest BCUT2D eigenvalue weighted by Gasteiger charge is -2.34. The maximum Gasteiger partial charge on any atom is 0.407 e. The zero-order chi connectivity index (χ0) is 71.9. The molecular formula is C68H78F6N14O8S3. The number of nitrogens with zero attached hydrogens (tertiary/aromatic N) is 7. The maximum absolute atomic E-state index is 15.2. The molecule has 0 spiro atoms. The van der Waals surface area contributed by atoms with Crippen LogP contribution >= 0.6 is 35.3 Å². The molecule has 2 amide bonds. The van der Waals surface area contributed by atoms with Gasteiger partial charge in [0.05, 0.1) is 41.4 Å². The van der Waals surface area contributed by atoms with E-state index in [-0.39, 0.29) is 136 Å². The van der Waals surface area contributed by atoms with Crippen molar-refractivity contribution >= 4 is 80.2 Å². The van der Waals surface area contributed by atoms with Gasteiger partial charge in [0, 0.05) is 86.8 Å². The average molecular weight is 1430 g/mol. The second-order valence-corrected chi connectivity index (χ2v) is 31.2. The third-order valence-electron chi connectivity index (χ3n) is 17.3. The standard InChI is InChI=1S/C27H29F2N5O4S.C22H21F2N5O2S.C18H24F2N4O2S.CH4/c1-6-7-37-21-13-31-18(12-32-21)19(35)10-15-8-16(22(29)17(28)9-15)26(5)20-11-27(20,39-23(30)34-26)14-33-24(36)38-25(2,3)4;1-3-4-31-18-10-27-15(9-28-18)16(30)7-12-5-13(19(24)14(23)6-12)21(2)17-8-22(17,11-25)32-20(26)29-21;1-16(2,3)26-15(25)23-8-18-7-12(18)17(4,24-14(22)27-18)10-5-9(21)6-11(19)13(10)20;/h1,8-9,12-13,20H,7,10-11,14H2,2-5H3,(H2,30,34)(H,33,36);1,5-6,9-10,17H,4,7-8,11,25H2,2H3,(H2,26,29);5-6,12H,7-8,21H2,1-4H3,(H2,22,24)(H,23,25);1H4/t20-,26+,27+;17-,21+,22+;12-,17+,18+;/m000./s1. The van der Waals surface area contributed by atoms with Gasteiger partial charge in [0.2, 0.25) is 11.8 Å². The summed E-state index contributed by atoms with van der Waals surface area (Å²) in [5.74, 6) is -2.60. The molecule has 5 heterocycles. The Bertz CT molecular complexity index is 4170. The summed E-state index contributed by atoms with van der Waals surface area (Å²) in [5.41, 5.74) is 26.1. The van der Waals surface area contributed by atoms with Gasteiger partial charge in [0.25, 0.3) is 0 Å². The number of alkyl carbamates (subject to hydrolysis) is 2. The molecule has 3 aromatic carbocycles. The van der Waals surface area contributed by atoms with E-state index in [1.165, 1.54) is 78.3 Å². The summed E-state index contributed by atoms with van der Waals surface area (Å²) < 4.78 is 107. The van der Waals surface area contributed by atoms with E-state index in [2.05, 4.69) is 57.4 Å². The van der Waals surface area contributed by atoms with Gasteiger partial charge in [-0.1, -0.05) is 54.6 Å². The van der Waals surface area contributed by atoms with Crippen molar-refractivity contribution < 1.29 is 64.5 Å². The number of halogens is 6. The number of ketones is 2. The van der Waals surface area contributed by atoms with Crippen molar-refractivity contribution in [3.63, 3.8) is 0 Å². The number of benzene rings is 3. The van der Waals surface area contributed by atoms with Crippen molar-refractivity contribution in [3.05, 3.63) is 135 Å². The van der Waals surface area contributed by atoms with Crippen LogP contribution in [0.4, 0.5) is 41.6 Å². The highest BCUT2D eigenvalue weighted by molar-refractivity contribution is 8.15. The van der Waals surface area contributed by atoms with E-state index >= 15 is 4.39 Å². The van der Waals surface area contributed by atoms with E-state index in [1.807, 2.05) is 0 Å². The number of terminal acetylenes is 2. The van der Waals surface area contributed by atoms with Crippen LogP contribution in [0.2, 0.25) is 0 Å². The molecule has 3 aliphatic heterocycles. The highest BCUT2D eigenvalue weighted by Crippen LogP contribution is 2.68. The van der Waals surface area contributed by atoms with Crippen molar-refractivity contribution in [2.24, 2.45) is 55.7 Å². The molecule has 31 heteroatoms. The third-order valence-corrected chi connectivity index (χ3v) is 21.2. The first-order valence-electron chi connectivity index (χ1n) is 30.7. The molecule has 6 aliphatic rings. The van der Waals surface area contributed by atoms with Crippen LogP contribution in [0.5, 0.6) is 11.8 Å². The van der Waals surface area contributed by atoms with Gasteiger partial charge in [0.1, 0.15) is 22.6 Å². The highest BCUT2D eigenvalue weighted by Gasteiger charge is 2.69. The number of fused-ring (bicyclic) bond motifs is 3. The monoisotopic (exact) mass is 1430 g/mol. The second-order valence-electron chi connectivity index (χ2n) is 26.9. The number of amides is 2. The van der Waals surface area contributed by atoms with E-state index in [0.29, 0.717) is 31.4 Å². The molecule has 5 aromatic rings. The van der Waals surface area contributed by atoms with Crippen molar-refractivity contribution in [2.75, 3.05) is 38.6 Å². The Balaban J connectivity index is 0.000000191. The number of aliphatic imine (C=N–C) groups is 3. The van der Waals surface area contributed by atoms with Gasteiger partial charge in [-0.3, -0.25) is 24.6 Å². The predicted octanol–water partition coefficient (Wildman–Crippen LogP) is 9.68. The van der Waals surface area contributed by atoms with Crippen LogP contribution in [0.1, 0.15) is 138 Å². The highest BCUT2D eigenvalue weighted by atomic mass is 32.2. The van der Waals surface area contributed by atoms with Crippen LogP contribution in [0.15, 0.2) is 76.2 Å². The summed E-state index contributed by atoms with van der Waals surface area (Å²) in [6.07, 6.45) is 15.6. The van der Waals surface area contributed by atoms with Gasteiger partial charge in [0.15, 0.2) is 75.2 Å². The number of rotatable bonds is 18. The molecule has 3 aliphatic carbocycles. The summed E-state index contributed by atoms with van der Waals surface area (Å²) in [6.45, 7) is 16.6. The first-order valence-corrected chi connectivity index (χ1v) is 33.1. The molecule has 99 heavy (non-hydrogen) atoms. The van der Waals surface area contributed by atoms with Crippen LogP contribution < -0.4 is 48.8 Å². The largest absolute Gasteiger partial charge is 0.463 e. The van der Waals surface area contributed by atoms with Crippen molar-refractivity contribution in [3.8, 4) is 36.4 Å². The average Bonchev–Trinajstić information content (AvgIpc) is 1.55. The molecule has 0 unspecified atom stereocenters. The first kappa shape index (κ1) is 76.0. The second kappa shape index (κ2) is 28.8. The lowest BCUT2D eigenvalue weighted by Crippen LogP contribution is -2.43. The van der Waals surface area contributed by atoms with Crippen LogP contribution in [0, 0.1) is 77.3 Å². The Morgan fingerprint density at radius 1 is 0.545 bits per heavy atom. The van der Waals surface area contributed by atoms with Gasteiger partial charge >= 0.3 is 12.2 Å². The number of hydrogen-bond donors (Lipinski definition) is 7. The fraction of sp³-hybridized carbons (Fsp3) is 0.456. The number of aromatic nitrogens is 4. The zero-order valence-electron chi connectivity index (χ0n) is 55.0. The van der Waals surface area contributed by atoms with Crippen molar-refractivity contribution in [2.45, 2.75) is 144 Å². The molecule has 22 nitrogen and oxygen atoms in total. The Morgan fingerprint density at radius 2 is 0.889 bits per heavy atom. The minimum atomic E-state index is -1.22. The van der Waals surface area contributed by atoms with E-state index in [0.717, 1.165) is 18.2 Å². The van der Waals surface area contributed by atoms with Gasteiger partial charge in [-0.05, 0) is 129 Å². The molecule has 2 aromatic heterocycles. The fourth-order valence-corrected chi connectivity index (χ4v) is 16.7. The van der Waals surface area contributed by atoms with E-state index in [4.69, 9.17) is 60.5 Å². The molecule has 0 radical (unpaired) electrons. The van der Waals surface area contributed by atoms with Gasteiger partial charge in [-0.15, -0.1) is 12.8 Å². The minimum absolute atomic E-state index is 0. The van der Waals surface area contributed by atoms with Crippen molar-refractivity contribution in [1.82, 2.24) is 30.6 Å². The van der Waals surface area contributed by atoms with E-state index < -0.39 is 96.0 Å². The number of hydrogen-bond acceptors (Lipinski definition) is 23. The number of carbonyl (C=O) groups is 4. The molecule has 9 atom stereocenters. The lowest BCUT2D eigenvalue weighted by molar-refractivity contribution is 0.0514. The smallest absolute Gasteiger partial charge is 0.407 e. The Labute approximate surface area is 582 Å². The van der Waals surface area contributed by atoms with Crippen LogP contribution in [-0.4, -0.2) is 117 Å². The Hall–Kier alpha value is -8.78. The summed E-state index contributed by atoms with van der Waals surface area (Å²) in [6, 6.07) is 7.23. The van der Waals surface area contributed by atoms with Gasteiger partial charge in [-0.2, -0.15) is 0 Å². The molecule has 528 valence electrons.